The molecule has 108 valence electrons. The van der Waals surface area contributed by atoms with Crippen LogP contribution in [0.3, 0.4) is 0 Å². The highest BCUT2D eigenvalue weighted by atomic mass is 16.5. The number of hydrogen-bond acceptors (Lipinski definition) is 4. The first-order valence-electron chi connectivity index (χ1n) is 6.64. The van der Waals surface area contributed by atoms with E-state index in [0.717, 1.165) is 29.0 Å². The number of aromatic nitrogens is 3. The average Bonchev–Trinajstić information content (AvgIpc) is 2.72. The average molecular weight is 277 g/mol. The molecule has 6 nitrogen and oxygen atoms in total. The lowest BCUT2D eigenvalue weighted by atomic mass is 10.2. The Hall–Kier alpha value is -1.95. The van der Waals surface area contributed by atoms with Gasteiger partial charge in [0.05, 0.1) is 0 Å². The summed E-state index contributed by atoms with van der Waals surface area (Å²) in [6, 6.07) is 2.00. The highest BCUT2D eigenvalue weighted by Crippen LogP contribution is 2.17. The van der Waals surface area contributed by atoms with Crippen LogP contribution in [-0.4, -0.2) is 32.7 Å². The third-order valence-corrected chi connectivity index (χ3v) is 3.10. The van der Waals surface area contributed by atoms with E-state index in [0.29, 0.717) is 19.6 Å². The lowest BCUT2D eigenvalue weighted by Gasteiger charge is -2.07. The van der Waals surface area contributed by atoms with Crippen LogP contribution in [0.2, 0.25) is 0 Å². The van der Waals surface area contributed by atoms with E-state index in [1.807, 2.05) is 23.8 Å². The molecule has 1 N–H and O–H groups in total. The molecule has 6 heteroatoms. The summed E-state index contributed by atoms with van der Waals surface area (Å²) in [4.78, 5) is 19.5. The van der Waals surface area contributed by atoms with E-state index in [9.17, 15) is 4.79 Å². The normalized spacial score (nSPS) is 11.1. The summed E-state index contributed by atoms with van der Waals surface area (Å²) in [6.45, 7) is 3.11. The number of aryl methyl sites for hydroxylation is 2. The highest BCUT2D eigenvalue weighted by Gasteiger charge is 2.11. The third-order valence-electron chi connectivity index (χ3n) is 3.10. The Kier molecular flexibility index (Phi) is 4.68. The molecule has 0 fully saturated rings. The van der Waals surface area contributed by atoms with Gasteiger partial charge in [0.2, 0.25) is 0 Å². The van der Waals surface area contributed by atoms with Crippen LogP contribution in [0.15, 0.2) is 12.3 Å². The van der Waals surface area contributed by atoms with Crippen LogP contribution in [0.1, 0.15) is 30.7 Å². The van der Waals surface area contributed by atoms with Crippen molar-refractivity contribution in [2.24, 2.45) is 0 Å². The summed E-state index contributed by atoms with van der Waals surface area (Å²) in [6.07, 6.45) is 3.43. The number of ether oxygens (including phenoxy) is 1. The van der Waals surface area contributed by atoms with Crippen molar-refractivity contribution in [2.45, 2.75) is 39.3 Å². The Morgan fingerprint density at radius 2 is 2.25 bits per heavy atom. The number of pyridine rings is 1. The Morgan fingerprint density at radius 1 is 1.45 bits per heavy atom. The first-order chi connectivity index (χ1) is 9.61. The molecule has 20 heavy (non-hydrogen) atoms. The molecule has 0 aliphatic rings. The first-order valence-corrected chi connectivity index (χ1v) is 6.64. The zero-order valence-corrected chi connectivity index (χ0v) is 11.8. The number of carboxylic acid groups (broad SMARTS) is 1. The van der Waals surface area contributed by atoms with Crippen LogP contribution in [-0.2, 0) is 22.7 Å². The van der Waals surface area contributed by atoms with E-state index >= 15 is 0 Å². The summed E-state index contributed by atoms with van der Waals surface area (Å²) in [5, 5.41) is 8.66. The number of methoxy groups -OCH3 is 1. The number of rotatable bonds is 7. The molecule has 0 amide bonds. The highest BCUT2D eigenvalue weighted by molar-refractivity contribution is 5.72. The number of fused-ring (bicyclic) bond motifs is 1. The van der Waals surface area contributed by atoms with Crippen molar-refractivity contribution < 1.29 is 14.6 Å². The van der Waals surface area contributed by atoms with E-state index in [-0.39, 0.29) is 6.42 Å². The SMILES string of the molecule is COCc1nc2cc(C)cnc2n1CCCCC(=O)O. The topological polar surface area (TPSA) is 77.2 Å². The minimum Gasteiger partial charge on any atom is -0.481 e. The van der Waals surface area contributed by atoms with Gasteiger partial charge in [-0.05, 0) is 31.4 Å². The lowest BCUT2D eigenvalue weighted by molar-refractivity contribution is -0.137. The molecule has 0 atom stereocenters. The van der Waals surface area contributed by atoms with Crippen LogP contribution in [0.25, 0.3) is 11.2 Å². The predicted molar refractivity (Wildman–Crippen MR) is 74.5 cm³/mol. The van der Waals surface area contributed by atoms with Gasteiger partial charge in [0.15, 0.2) is 5.65 Å². The number of hydrogen-bond donors (Lipinski definition) is 1. The van der Waals surface area contributed by atoms with Crippen molar-refractivity contribution in [3.63, 3.8) is 0 Å². The van der Waals surface area contributed by atoms with Gasteiger partial charge >= 0.3 is 5.97 Å². The summed E-state index contributed by atoms with van der Waals surface area (Å²) in [7, 11) is 1.63. The van der Waals surface area contributed by atoms with Gasteiger partial charge in [0.25, 0.3) is 0 Å². The maximum absolute atomic E-state index is 10.5. The summed E-state index contributed by atoms with van der Waals surface area (Å²) in [5.74, 6) is 0.0716. The largest absolute Gasteiger partial charge is 0.481 e. The van der Waals surface area contributed by atoms with Crippen LogP contribution < -0.4 is 0 Å². The molecule has 2 rings (SSSR count). The molecule has 0 saturated carbocycles. The quantitative estimate of drug-likeness (QED) is 0.784. The Bertz CT molecular complexity index is 607. The smallest absolute Gasteiger partial charge is 0.303 e. The zero-order chi connectivity index (χ0) is 14.5. The maximum Gasteiger partial charge on any atom is 0.303 e. The monoisotopic (exact) mass is 277 g/mol. The second kappa shape index (κ2) is 6.47. The molecular formula is C14H19N3O3. The number of carboxylic acids is 1. The molecule has 0 aliphatic carbocycles. The van der Waals surface area contributed by atoms with E-state index in [2.05, 4.69) is 9.97 Å². The Labute approximate surface area is 117 Å². The minimum absolute atomic E-state index is 0.193. The number of nitrogens with zero attached hydrogens (tertiary/aromatic N) is 3. The van der Waals surface area contributed by atoms with E-state index in [1.165, 1.54) is 0 Å². The van der Waals surface area contributed by atoms with E-state index in [1.54, 1.807) is 7.11 Å². The molecule has 2 aromatic heterocycles. The Balaban J connectivity index is 2.19. The molecule has 2 aromatic rings. The van der Waals surface area contributed by atoms with Crippen molar-refractivity contribution in [3.8, 4) is 0 Å². The fourth-order valence-corrected chi connectivity index (χ4v) is 2.18. The molecule has 2 heterocycles. The maximum atomic E-state index is 10.5. The van der Waals surface area contributed by atoms with Crippen molar-refractivity contribution in [1.82, 2.24) is 14.5 Å². The van der Waals surface area contributed by atoms with Gasteiger partial charge in [-0.2, -0.15) is 0 Å². The van der Waals surface area contributed by atoms with Gasteiger partial charge < -0.3 is 14.4 Å². The van der Waals surface area contributed by atoms with Crippen molar-refractivity contribution in [3.05, 3.63) is 23.7 Å². The van der Waals surface area contributed by atoms with Gasteiger partial charge in [-0.15, -0.1) is 0 Å². The zero-order valence-electron chi connectivity index (χ0n) is 11.8. The van der Waals surface area contributed by atoms with Crippen LogP contribution in [0.5, 0.6) is 0 Å². The van der Waals surface area contributed by atoms with Crippen LogP contribution in [0.4, 0.5) is 0 Å². The van der Waals surface area contributed by atoms with Gasteiger partial charge in [0, 0.05) is 26.3 Å². The lowest BCUT2D eigenvalue weighted by Crippen LogP contribution is -2.06. The standard InChI is InChI=1S/C14H19N3O3/c1-10-7-11-14(15-8-10)17(12(16-11)9-20-2)6-4-3-5-13(18)19/h7-8H,3-6,9H2,1-2H3,(H,18,19). The summed E-state index contributed by atoms with van der Waals surface area (Å²) >= 11 is 0. The molecule has 0 saturated heterocycles. The molecule has 0 aliphatic heterocycles. The van der Waals surface area contributed by atoms with Gasteiger partial charge in [-0.1, -0.05) is 0 Å². The minimum atomic E-state index is -0.758. The Morgan fingerprint density at radius 3 is 2.95 bits per heavy atom. The second-order valence-electron chi connectivity index (χ2n) is 4.82. The van der Waals surface area contributed by atoms with Crippen molar-refractivity contribution in [1.29, 1.82) is 0 Å². The second-order valence-corrected chi connectivity index (χ2v) is 4.82. The first kappa shape index (κ1) is 14.5. The van der Waals surface area contributed by atoms with Gasteiger partial charge in [0.1, 0.15) is 17.9 Å². The molecule has 0 unspecified atom stereocenters. The van der Waals surface area contributed by atoms with Gasteiger partial charge in [-0.25, -0.2) is 9.97 Å². The van der Waals surface area contributed by atoms with Crippen LogP contribution >= 0.6 is 0 Å². The fraction of sp³-hybridized carbons (Fsp3) is 0.500. The third kappa shape index (κ3) is 3.33. The number of unbranched alkanes of at least 4 members (excludes halogenated alkanes) is 1. The molecular weight excluding hydrogens is 258 g/mol. The van der Waals surface area contributed by atoms with Gasteiger partial charge in [-0.3, -0.25) is 4.79 Å². The number of carbonyl (C=O) groups is 1. The number of imidazole rings is 1. The predicted octanol–water partition coefficient (Wildman–Crippen LogP) is 2.14. The van der Waals surface area contributed by atoms with Crippen molar-refractivity contribution in [2.75, 3.05) is 7.11 Å². The molecule has 0 bridgehead atoms. The van der Waals surface area contributed by atoms with Crippen molar-refractivity contribution >= 4 is 17.1 Å². The fourth-order valence-electron chi connectivity index (χ4n) is 2.18. The summed E-state index contributed by atoms with van der Waals surface area (Å²) in [5.41, 5.74) is 2.75. The number of aliphatic carboxylic acids is 1. The molecule has 0 radical (unpaired) electrons. The molecule has 0 aromatic carbocycles. The molecule has 0 spiro atoms. The van der Waals surface area contributed by atoms with Crippen LogP contribution in [0, 0.1) is 6.92 Å². The summed E-state index contributed by atoms with van der Waals surface area (Å²) < 4.78 is 7.18. The van der Waals surface area contributed by atoms with E-state index < -0.39 is 5.97 Å². The van der Waals surface area contributed by atoms with E-state index in [4.69, 9.17) is 9.84 Å².